The van der Waals surface area contributed by atoms with Crippen LogP contribution >= 0.6 is 11.8 Å². The summed E-state index contributed by atoms with van der Waals surface area (Å²) in [6.07, 6.45) is 7.13. The third-order valence-corrected chi connectivity index (χ3v) is 4.36. The topological polar surface area (TPSA) is 52.3 Å². The van der Waals surface area contributed by atoms with Crippen LogP contribution in [0.15, 0.2) is 0 Å². The first kappa shape index (κ1) is 13.8. The number of carbonyl (C=O) groups excluding carboxylic acids is 1. The molecule has 0 aromatic heterocycles. The molecule has 1 fully saturated rings. The quantitative estimate of drug-likeness (QED) is 0.576. The summed E-state index contributed by atoms with van der Waals surface area (Å²) in [5, 5.41) is 0. The number of thioether (sulfide) groups is 1. The van der Waals surface area contributed by atoms with Crippen LogP contribution in [0.25, 0.3) is 0 Å². The van der Waals surface area contributed by atoms with Crippen LogP contribution in [0.4, 0.5) is 0 Å². The summed E-state index contributed by atoms with van der Waals surface area (Å²) < 4.78 is 4.59. The number of hydrogen-bond donors (Lipinski definition) is 1. The SMILES string of the molecule is COC(=O)CCSCC(N)C1CCCCC1. The van der Waals surface area contributed by atoms with E-state index >= 15 is 0 Å². The predicted octanol–water partition coefficient (Wildman–Crippen LogP) is 2.19. The molecular formula is C12H23NO2S. The van der Waals surface area contributed by atoms with Gasteiger partial charge in [0.15, 0.2) is 0 Å². The van der Waals surface area contributed by atoms with Crippen molar-refractivity contribution in [1.29, 1.82) is 0 Å². The standard InChI is InChI=1S/C12H23NO2S/c1-15-12(14)7-8-16-9-11(13)10-5-3-2-4-6-10/h10-11H,2-9,13H2,1H3. The first-order valence-corrected chi connectivity index (χ1v) is 7.29. The molecule has 0 saturated heterocycles. The minimum atomic E-state index is -0.126. The molecule has 1 unspecified atom stereocenters. The fourth-order valence-corrected chi connectivity index (χ4v) is 3.20. The van der Waals surface area contributed by atoms with Gasteiger partial charge in [0.05, 0.1) is 13.5 Å². The van der Waals surface area contributed by atoms with Crippen LogP contribution in [-0.2, 0) is 9.53 Å². The molecule has 0 bridgehead atoms. The van der Waals surface area contributed by atoms with Gasteiger partial charge in [-0.1, -0.05) is 19.3 Å². The molecule has 1 rings (SSSR count). The molecule has 1 aliphatic rings. The van der Waals surface area contributed by atoms with Crippen molar-refractivity contribution in [2.75, 3.05) is 18.6 Å². The fraction of sp³-hybridized carbons (Fsp3) is 0.917. The van der Waals surface area contributed by atoms with Gasteiger partial charge in [-0.25, -0.2) is 0 Å². The zero-order valence-corrected chi connectivity index (χ0v) is 10.9. The van der Waals surface area contributed by atoms with E-state index in [4.69, 9.17) is 5.73 Å². The van der Waals surface area contributed by atoms with E-state index < -0.39 is 0 Å². The Morgan fingerprint density at radius 1 is 1.44 bits per heavy atom. The van der Waals surface area contributed by atoms with E-state index in [1.54, 1.807) is 11.8 Å². The van der Waals surface area contributed by atoms with Gasteiger partial charge >= 0.3 is 5.97 Å². The van der Waals surface area contributed by atoms with Gasteiger partial charge in [-0.05, 0) is 18.8 Å². The second-order valence-corrected chi connectivity index (χ2v) is 5.61. The number of methoxy groups -OCH3 is 1. The summed E-state index contributed by atoms with van der Waals surface area (Å²) in [6, 6.07) is 0.308. The van der Waals surface area contributed by atoms with E-state index in [2.05, 4.69) is 4.74 Å². The highest BCUT2D eigenvalue weighted by molar-refractivity contribution is 7.99. The van der Waals surface area contributed by atoms with Crippen LogP contribution in [-0.4, -0.2) is 30.6 Å². The molecule has 2 N–H and O–H groups in total. The molecule has 94 valence electrons. The van der Waals surface area contributed by atoms with Crippen molar-refractivity contribution in [3.05, 3.63) is 0 Å². The molecule has 0 amide bonds. The Morgan fingerprint density at radius 2 is 2.12 bits per heavy atom. The monoisotopic (exact) mass is 245 g/mol. The van der Waals surface area contributed by atoms with Crippen molar-refractivity contribution in [3.8, 4) is 0 Å². The summed E-state index contributed by atoms with van der Waals surface area (Å²) in [7, 11) is 1.43. The predicted molar refractivity (Wildman–Crippen MR) is 68.5 cm³/mol. The lowest BCUT2D eigenvalue weighted by Gasteiger charge is -2.27. The number of carbonyl (C=O) groups is 1. The average Bonchev–Trinajstić information content (AvgIpc) is 2.35. The summed E-state index contributed by atoms with van der Waals surface area (Å²) in [4.78, 5) is 10.9. The van der Waals surface area contributed by atoms with E-state index in [1.807, 2.05) is 0 Å². The van der Waals surface area contributed by atoms with Crippen LogP contribution in [0.5, 0.6) is 0 Å². The van der Waals surface area contributed by atoms with Gasteiger partial charge in [0.1, 0.15) is 0 Å². The second-order valence-electron chi connectivity index (χ2n) is 4.46. The van der Waals surface area contributed by atoms with Crippen molar-refractivity contribution < 1.29 is 9.53 Å². The number of hydrogen-bond acceptors (Lipinski definition) is 4. The van der Waals surface area contributed by atoms with Gasteiger partial charge in [0, 0.05) is 17.5 Å². The molecule has 1 saturated carbocycles. The Morgan fingerprint density at radius 3 is 2.75 bits per heavy atom. The van der Waals surface area contributed by atoms with Gasteiger partial charge in [-0.3, -0.25) is 4.79 Å². The van der Waals surface area contributed by atoms with Crippen LogP contribution in [0.3, 0.4) is 0 Å². The highest BCUT2D eigenvalue weighted by Gasteiger charge is 2.20. The van der Waals surface area contributed by atoms with Crippen molar-refractivity contribution in [2.45, 2.75) is 44.6 Å². The van der Waals surface area contributed by atoms with E-state index in [-0.39, 0.29) is 5.97 Å². The zero-order chi connectivity index (χ0) is 11.8. The van der Waals surface area contributed by atoms with Crippen LogP contribution < -0.4 is 5.73 Å². The molecule has 0 aromatic rings. The van der Waals surface area contributed by atoms with E-state index in [1.165, 1.54) is 39.2 Å². The van der Waals surface area contributed by atoms with Crippen LogP contribution in [0.2, 0.25) is 0 Å². The van der Waals surface area contributed by atoms with Crippen LogP contribution in [0.1, 0.15) is 38.5 Å². The summed E-state index contributed by atoms with van der Waals surface area (Å²) in [6.45, 7) is 0. The Hall–Kier alpha value is -0.220. The van der Waals surface area contributed by atoms with Gasteiger partial charge in [-0.2, -0.15) is 11.8 Å². The normalized spacial score (nSPS) is 19.4. The minimum absolute atomic E-state index is 0.126. The number of esters is 1. The molecule has 1 aliphatic carbocycles. The highest BCUT2D eigenvalue weighted by atomic mass is 32.2. The lowest BCUT2D eigenvalue weighted by Crippen LogP contribution is -2.33. The van der Waals surface area contributed by atoms with Crippen molar-refractivity contribution in [3.63, 3.8) is 0 Å². The largest absolute Gasteiger partial charge is 0.469 e. The Kier molecular flexibility index (Phi) is 6.88. The first-order chi connectivity index (χ1) is 7.74. The van der Waals surface area contributed by atoms with E-state index in [0.717, 1.165) is 11.5 Å². The molecule has 4 heteroatoms. The summed E-state index contributed by atoms with van der Waals surface area (Å²) in [5.74, 6) is 2.38. The van der Waals surface area contributed by atoms with Gasteiger partial charge < -0.3 is 10.5 Å². The molecule has 16 heavy (non-hydrogen) atoms. The Bertz CT molecular complexity index is 205. The maximum atomic E-state index is 10.9. The van der Waals surface area contributed by atoms with Gasteiger partial charge in [0.2, 0.25) is 0 Å². The summed E-state index contributed by atoms with van der Waals surface area (Å²) in [5.41, 5.74) is 6.16. The second kappa shape index (κ2) is 7.96. The third kappa shape index (κ3) is 5.21. The third-order valence-electron chi connectivity index (χ3n) is 3.24. The molecule has 0 aliphatic heterocycles. The first-order valence-electron chi connectivity index (χ1n) is 6.14. The fourth-order valence-electron chi connectivity index (χ4n) is 2.18. The smallest absolute Gasteiger partial charge is 0.306 e. The molecule has 0 radical (unpaired) electrons. The number of ether oxygens (including phenoxy) is 1. The summed E-state index contributed by atoms with van der Waals surface area (Å²) >= 11 is 1.77. The van der Waals surface area contributed by atoms with Crippen molar-refractivity contribution >= 4 is 17.7 Å². The molecule has 0 spiro atoms. The average molecular weight is 245 g/mol. The molecule has 3 nitrogen and oxygen atoms in total. The lowest BCUT2D eigenvalue weighted by molar-refractivity contribution is -0.140. The van der Waals surface area contributed by atoms with Crippen molar-refractivity contribution in [1.82, 2.24) is 0 Å². The molecular weight excluding hydrogens is 222 g/mol. The van der Waals surface area contributed by atoms with Gasteiger partial charge in [0.25, 0.3) is 0 Å². The maximum absolute atomic E-state index is 10.9. The Balaban J connectivity index is 2.05. The maximum Gasteiger partial charge on any atom is 0.306 e. The molecule has 1 atom stereocenters. The number of nitrogens with two attached hydrogens (primary N) is 1. The highest BCUT2D eigenvalue weighted by Crippen LogP contribution is 2.27. The zero-order valence-electron chi connectivity index (χ0n) is 10.1. The van der Waals surface area contributed by atoms with Crippen LogP contribution in [0, 0.1) is 5.92 Å². The molecule has 0 aromatic carbocycles. The van der Waals surface area contributed by atoms with Crippen molar-refractivity contribution in [2.24, 2.45) is 11.7 Å². The minimum Gasteiger partial charge on any atom is -0.469 e. The molecule has 0 heterocycles. The van der Waals surface area contributed by atoms with Gasteiger partial charge in [-0.15, -0.1) is 0 Å². The van der Waals surface area contributed by atoms with E-state index in [0.29, 0.717) is 18.4 Å². The number of rotatable bonds is 6. The Labute approximate surface area is 102 Å². The lowest BCUT2D eigenvalue weighted by atomic mass is 9.85. The van der Waals surface area contributed by atoms with E-state index in [9.17, 15) is 4.79 Å².